The summed E-state index contributed by atoms with van der Waals surface area (Å²) in [5.74, 6) is -0.943. The quantitative estimate of drug-likeness (QED) is 0.766. The molecule has 1 saturated heterocycles. The predicted octanol–water partition coefficient (Wildman–Crippen LogP) is 3.88. The average molecular weight is 432 g/mol. The number of anilines is 2. The fourth-order valence-electron chi connectivity index (χ4n) is 3.51. The van der Waals surface area contributed by atoms with Crippen molar-refractivity contribution in [2.45, 2.75) is 38.5 Å². The first kappa shape index (κ1) is 20.2. The number of halogens is 2. The summed E-state index contributed by atoms with van der Waals surface area (Å²) >= 11 is 6.13. The van der Waals surface area contributed by atoms with E-state index in [9.17, 15) is 9.18 Å². The first-order chi connectivity index (χ1) is 14.4. The number of nitriles is 1. The van der Waals surface area contributed by atoms with Gasteiger partial charge < -0.3 is 19.7 Å². The van der Waals surface area contributed by atoms with Crippen molar-refractivity contribution in [1.82, 2.24) is 14.9 Å². The van der Waals surface area contributed by atoms with Gasteiger partial charge in [-0.25, -0.2) is 9.78 Å². The molecule has 1 aromatic carbocycles. The van der Waals surface area contributed by atoms with Crippen molar-refractivity contribution in [3.8, 4) is 11.9 Å². The Hall–Kier alpha value is -3.12. The topological polar surface area (TPSA) is 100 Å². The molecule has 2 heterocycles. The van der Waals surface area contributed by atoms with E-state index in [4.69, 9.17) is 26.3 Å². The summed E-state index contributed by atoms with van der Waals surface area (Å²) < 4.78 is 26.0. The van der Waals surface area contributed by atoms with Crippen LogP contribution in [-0.4, -0.2) is 45.8 Å². The number of ether oxygens (including phenoxy) is 2. The summed E-state index contributed by atoms with van der Waals surface area (Å²) in [6, 6.07) is 6.63. The van der Waals surface area contributed by atoms with Crippen LogP contribution in [0.5, 0.6) is 5.88 Å². The van der Waals surface area contributed by atoms with Gasteiger partial charge in [0.2, 0.25) is 5.82 Å². The van der Waals surface area contributed by atoms with Crippen molar-refractivity contribution < 1.29 is 18.7 Å². The maximum atomic E-state index is 14.9. The second kappa shape index (κ2) is 7.95. The zero-order chi connectivity index (χ0) is 21.4. The monoisotopic (exact) mass is 431 g/mol. The molecule has 10 heteroatoms. The summed E-state index contributed by atoms with van der Waals surface area (Å²) in [6.07, 6.45) is 1.01. The van der Waals surface area contributed by atoms with Crippen LogP contribution in [0.4, 0.5) is 20.7 Å². The highest BCUT2D eigenvalue weighted by Gasteiger charge is 2.57. The van der Waals surface area contributed by atoms with Gasteiger partial charge in [0.1, 0.15) is 12.4 Å². The normalized spacial score (nSPS) is 21.7. The lowest BCUT2D eigenvalue weighted by molar-refractivity contribution is 0.0713. The third kappa shape index (κ3) is 3.96. The van der Waals surface area contributed by atoms with Gasteiger partial charge in [-0.2, -0.15) is 14.6 Å². The molecular weight excluding hydrogens is 413 g/mol. The molecule has 30 heavy (non-hydrogen) atoms. The lowest BCUT2D eigenvalue weighted by Gasteiger charge is -2.22. The zero-order valence-electron chi connectivity index (χ0n) is 16.3. The predicted molar refractivity (Wildman–Crippen MR) is 106 cm³/mol. The number of fused-ring (bicyclic) bond motifs is 1. The summed E-state index contributed by atoms with van der Waals surface area (Å²) in [6.45, 7) is 3.89. The van der Waals surface area contributed by atoms with Gasteiger partial charge in [0, 0.05) is 12.0 Å². The first-order valence-electron chi connectivity index (χ1n) is 9.48. The van der Waals surface area contributed by atoms with Crippen LogP contribution < -0.4 is 10.1 Å². The van der Waals surface area contributed by atoms with Crippen LogP contribution in [0, 0.1) is 23.1 Å². The minimum atomic E-state index is -0.765. The number of rotatable bonds is 5. The molecule has 2 aliphatic rings. The van der Waals surface area contributed by atoms with Gasteiger partial charge >= 0.3 is 6.09 Å². The number of carbonyl (C=O) groups excluding carboxylic acids is 1. The van der Waals surface area contributed by atoms with Crippen LogP contribution >= 0.6 is 11.6 Å². The molecule has 1 aromatic heterocycles. The van der Waals surface area contributed by atoms with E-state index >= 15 is 0 Å². The van der Waals surface area contributed by atoms with Crippen LogP contribution in [0.15, 0.2) is 24.5 Å². The molecule has 8 nitrogen and oxygen atoms in total. The van der Waals surface area contributed by atoms with Gasteiger partial charge in [0.25, 0.3) is 5.88 Å². The summed E-state index contributed by atoms with van der Waals surface area (Å²) in [4.78, 5) is 21.6. The Bertz CT molecular complexity index is 1030. The molecule has 3 unspecified atom stereocenters. The van der Waals surface area contributed by atoms with Crippen LogP contribution in [0.3, 0.4) is 0 Å². The molecule has 156 valence electrons. The molecule has 1 aliphatic carbocycles. The first-order valence-corrected chi connectivity index (χ1v) is 9.86. The number of likely N-dealkylation sites (tertiary alicyclic amines) is 1. The lowest BCUT2D eigenvalue weighted by atomic mass is 10.2. The van der Waals surface area contributed by atoms with E-state index in [0.29, 0.717) is 17.8 Å². The number of carbonyl (C=O) groups is 1. The maximum absolute atomic E-state index is 14.9. The molecule has 1 saturated carbocycles. The summed E-state index contributed by atoms with van der Waals surface area (Å²) in [7, 11) is 0. The second-order valence-corrected chi connectivity index (χ2v) is 7.89. The zero-order valence-corrected chi connectivity index (χ0v) is 17.1. The van der Waals surface area contributed by atoms with E-state index in [1.165, 1.54) is 12.4 Å². The van der Waals surface area contributed by atoms with Gasteiger partial charge in [-0.1, -0.05) is 11.6 Å². The van der Waals surface area contributed by atoms with E-state index in [1.54, 1.807) is 30.9 Å². The van der Waals surface area contributed by atoms with Crippen LogP contribution in [0.1, 0.15) is 25.8 Å². The van der Waals surface area contributed by atoms with E-state index in [2.05, 4.69) is 15.3 Å². The Morgan fingerprint density at radius 2 is 2.23 bits per heavy atom. The number of benzene rings is 1. The van der Waals surface area contributed by atoms with Crippen molar-refractivity contribution in [3.63, 3.8) is 0 Å². The molecule has 3 atom stereocenters. The highest BCUT2D eigenvalue weighted by molar-refractivity contribution is 6.33. The van der Waals surface area contributed by atoms with Gasteiger partial charge in [-0.15, -0.1) is 0 Å². The van der Waals surface area contributed by atoms with Crippen molar-refractivity contribution in [2.75, 3.05) is 11.9 Å². The Morgan fingerprint density at radius 1 is 1.43 bits per heavy atom. The molecule has 0 radical (unpaired) electrons. The number of nitrogens with one attached hydrogen (secondary N) is 1. The standard InChI is InChI=1S/C20H19ClFN5O3/c1-10(2)29-20(28)27-8-16(12-6-15(12)27)30-19-17(22)18(24-9-25-19)26-14-4-3-11(7-23)5-13(14)21/h3-5,9-10,12,15-16H,6,8H2,1-2H3,(H,24,25,26). The third-order valence-corrected chi connectivity index (χ3v) is 5.31. The van der Waals surface area contributed by atoms with Crippen molar-refractivity contribution in [3.05, 3.63) is 40.9 Å². The molecule has 2 aromatic rings. The Morgan fingerprint density at radius 3 is 2.93 bits per heavy atom. The van der Waals surface area contributed by atoms with E-state index in [0.717, 1.165) is 6.42 Å². The molecule has 4 rings (SSSR count). The number of amides is 1. The smallest absolute Gasteiger partial charge is 0.410 e. The highest BCUT2D eigenvalue weighted by atomic mass is 35.5. The number of nitrogens with zero attached hydrogens (tertiary/aromatic N) is 4. The molecule has 0 bridgehead atoms. The van der Waals surface area contributed by atoms with Gasteiger partial charge in [-0.3, -0.25) is 0 Å². The molecule has 2 fully saturated rings. The average Bonchev–Trinajstić information content (AvgIpc) is 3.41. The Kier molecular flexibility index (Phi) is 5.35. The summed E-state index contributed by atoms with van der Waals surface area (Å²) in [5.41, 5.74) is 0.781. The molecule has 1 N–H and O–H groups in total. The molecule has 1 amide bonds. The van der Waals surface area contributed by atoms with Crippen molar-refractivity contribution in [2.24, 2.45) is 5.92 Å². The second-order valence-electron chi connectivity index (χ2n) is 7.48. The van der Waals surface area contributed by atoms with E-state index in [1.807, 2.05) is 6.07 Å². The largest absolute Gasteiger partial charge is 0.470 e. The molecule has 1 aliphatic heterocycles. The fraction of sp³-hybridized carbons (Fsp3) is 0.400. The minimum absolute atomic E-state index is 0.0567. The van der Waals surface area contributed by atoms with Gasteiger partial charge in [0.05, 0.1) is 35.0 Å². The fourth-order valence-corrected chi connectivity index (χ4v) is 3.73. The Labute approximate surface area is 177 Å². The third-order valence-electron chi connectivity index (χ3n) is 5.00. The van der Waals surface area contributed by atoms with Crippen LogP contribution in [-0.2, 0) is 4.74 Å². The van der Waals surface area contributed by atoms with Crippen molar-refractivity contribution in [1.29, 1.82) is 5.26 Å². The number of aromatic nitrogens is 2. The Balaban J connectivity index is 1.47. The number of hydrogen-bond donors (Lipinski definition) is 1. The number of hydrogen-bond acceptors (Lipinski definition) is 7. The SMILES string of the molecule is CC(C)OC(=O)N1CC(Oc2ncnc(Nc3ccc(C#N)cc3Cl)c2F)C2CC21. The number of piperidine rings is 1. The van der Waals surface area contributed by atoms with E-state index in [-0.39, 0.29) is 47.0 Å². The van der Waals surface area contributed by atoms with Gasteiger partial charge in [-0.05, 0) is 38.5 Å². The van der Waals surface area contributed by atoms with E-state index < -0.39 is 5.82 Å². The summed E-state index contributed by atoms with van der Waals surface area (Å²) in [5, 5.41) is 12.0. The van der Waals surface area contributed by atoms with Crippen molar-refractivity contribution >= 4 is 29.2 Å². The molecular formula is C20H19ClFN5O3. The maximum Gasteiger partial charge on any atom is 0.410 e. The van der Waals surface area contributed by atoms with Crippen LogP contribution in [0.2, 0.25) is 5.02 Å². The molecule has 0 spiro atoms. The lowest BCUT2D eigenvalue weighted by Crippen LogP contribution is -2.36. The van der Waals surface area contributed by atoms with Crippen LogP contribution in [0.25, 0.3) is 0 Å². The highest BCUT2D eigenvalue weighted by Crippen LogP contribution is 2.46. The van der Waals surface area contributed by atoms with Gasteiger partial charge in [0.15, 0.2) is 5.82 Å². The minimum Gasteiger partial charge on any atom is -0.470 e.